The van der Waals surface area contributed by atoms with Gasteiger partial charge in [-0.15, -0.1) is 0 Å². The van der Waals surface area contributed by atoms with Crippen LogP contribution >= 0.6 is 0 Å². The number of nitrogens with one attached hydrogen (secondary N) is 1. The number of hydrogen-bond donors (Lipinski definition) is 1. The van der Waals surface area contributed by atoms with Gasteiger partial charge in [0.15, 0.2) is 0 Å². The van der Waals surface area contributed by atoms with E-state index in [2.05, 4.69) is 16.9 Å². The predicted octanol–water partition coefficient (Wildman–Crippen LogP) is 4.70. The van der Waals surface area contributed by atoms with Crippen LogP contribution in [-0.4, -0.2) is 89.2 Å². The fourth-order valence-corrected chi connectivity index (χ4v) is 4.30. The third kappa shape index (κ3) is 8.49. The Balaban J connectivity index is 2.12. The molecule has 0 aliphatic heterocycles. The number of carbonyl (C=O) groups is 1. The summed E-state index contributed by atoms with van der Waals surface area (Å²) < 4.78 is 13.1. The van der Waals surface area contributed by atoms with Crippen LogP contribution in [0.4, 0.5) is 5.95 Å². The number of hydrogen-bond acceptors (Lipinski definition) is 10. The van der Waals surface area contributed by atoms with Crippen molar-refractivity contribution < 1.29 is 19.2 Å². The average Bonchev–Trinajstić information content (AvgIpc) is 3.32. The van der Waals surface area contributed by atoms with E-state index in [0.29, 0.717) is 24.2 Å². The average molecular weight is 592 g/mol. The molecule has 0 fully saturated rings. The van der Waals surface area contributed by atoms with Gasteiger partial charge in [0.25, 0.3) is 5.70 Å². The Bertz CT molecular complexity index is 1530. The minimum absolute atomic E-state index is 0.0665. The fraction of sp³-hybridized carbons (Fsp3) is 0.387. The first-order chi connectivity index (χ1) is 20.5. The minimum atomic E-state index is -0.542. The molecule has 43 heavy (non-hydrogen) atoms. The number of para-hydroxylation sites is 1. The summed E-state index contributed by atoms with van der Waals surface area (Å²) in [7, 11) is 9.06. The van der Waals surface area contributed by atoms with Gasteiger partial charge in [0.1, 0.15) is 11.3 Å². The zero-order valence-corrected chi connectivity index (χ0v) is 26.0. The number of ether oxygens (including phenoxy) is 2. The highest BCUT2D eigenvalue weighted by atomic mass is 16.6. The molecule has 0 amide bonds. The lowest BCUT2D eigenvalue weighted by atomic mass is 10.1. The molecule has 0 saturated heterocycles. The molecule has 3 aromatic rings. The van der Waals surface area contributed by atoms with E-state index in [9.17, 15) is 14.9 Å². The molecule has 3 rings (SSSR count). The molecule has 0 radical (unpaired) electrons. The number of esters is 1. The summed E-state index contributed by atoms with van der Waals surface area (Å²) in [5, 5.41) is 16.0. The molecule has 12 heteroatoms. The van der Waals surface area contributed by atoms with Gasteiger partial charge in [0, 0.05) is 55.1 Å². The molecular formula is C31H41N7O5. The van der Waals surface area contributed by atoms with E-state index >= 15 is 0 Å². The normalized spacial score (nSPS) is 13.2. The number of allylic oxidation sites excluding steroid dienone is 2. The van der Waals surface area contributed by atoms with E-state index in [1.165, 1.54) is 25.5 Å². The second-order valence-corrected chi connectivity index (χ2v) is 10.5. The van der Waals surface area contributed by atoms with Crippen molar-refractivity contribution in [2.45, 2.75) is 26.4 Å². The lowest BCUT2D eigenvalue weighted by molar-refractivity contribution is -0.427. The van der Waals surface area contributed by atoms with Crippen LogP contribution in [0.5, 0.6) is 0 Å². The van der Waals surface area contributed by atoms with Crippen LogP contribution in [0.15, 0.2) is 72.5 Å². The largest absolute Gasteiger partial charge is 0.495 e. The summed E-state index contributed by atoms with van der Waals surface area (Å²) in [5.41, 5.74) is 2.41. The molecule has 1 aromatic carbocycles. The Hall–Kier alpha value is -4.55. The smallest absolute Gasteiger partial charge is 0.342 e. The first-order valence-electron chi connectivity index (χ1n) is 14.0. The van der Waals surface area contributed by atoms with Gasteiger partial charge in [-0.2, -0.15) is 0 Å². The lowest BCUT2D eigenvalue weighted by Gasteiger charge is -2.18. The summed E-state index contributed by atoms with van der Waals surface area (Å²) in [6, 6.07) is 7.78. The number of aryl methyl sites for hydroxylation is 1. The Labute approximate surface area is 252 Å². The summed E-state index contributed by atoms with van der Waals surface area (Å²) in [6.45, 7) is 9.01. The number of nitro groups is 1. The zero-order valence-electron chi connectivity index (χ0n) is 26.0. The van der Waals surface area contributed by atoms with Crippen molar-refractivity contribution in [1.29, 1.82) is 0 Å². The third-order valence-electron chi connectivity index (χ3n) is 6.87. The van der Waals surface area contributed by atoms with Gasteiger partial charge in [-0.1, -0.05) is 31.7 Å². The standard InChI is InChI=1S/C31H41N7O5/c1-9-21(3)43-30(39)24-18-32-31(34-29(24)25-20-37(7)27-14-12-11-13-23(25)27)33-26(28(10-2)42-8)17-22(38(40)41)19-36(6)16-15-35(4)5/h10-14,17-18,20-21H,2,9,15-16,19H2,1,3-8H3,(H,32,33,34)/b22-17+,28-26-. The van der Waals surface area contributed by atoms with Gasteiger partial charge in [-0.25, -0.2) is 14.8 Å². The van der Waals surface area contributed by atoms with Gasteiger partial charge in [-0.05, 0) is 46.6 Å². The van der Waals surface area contributed by atoms with Crippen LogP contribution < -0.4 is 5.32 Å². The highest BCUT2D eigenvalue weighted by molar-refractivity contribution is 6.02. The molecule has 0 spiro atoms. The van der Waals surface area contributed by atoms with E-state index in [1.54, 1.807) is 0 Å². The van der Waals surface area contributed by atoms with E-state index in [4.69, 9.17) is 14.5 Å². The van der Waals surface area contributed by atoms with Crippen LogP contribution in [0.1, 0.15) is 30.6 Å². The topological polar surface area (TPSA) is 128 Å². The van der Waals surface area contributed by atoms with Crippen molar-refractivity contribution in [1.82, 2.24) is 24.3 Å². The van der Waals surface area contributed by atoms with Gasteiger partial charge in [0.2, 0.25) is 5.95 Å². The monoisotopic (exact) mass is 591 g/mol. The molecule has 12 nitrogen and oxygen atoms in total. The molecule has 0 saturated carbocycles. The molecule has 2 heterocycles. The van der Waals surface area contributed by atoms with Crippen molar-refractivity contribution in [3.8, 4) is 11.3 Å². The predicted molar refractivity (Wildman–Crippen MR) is 168 cm³/mol. The number of nitrogens with zero attached hydrogens (tertiary/aromatic N) is 6. The maximum atomic E-state index is 13.2. The van der Waals surface area contributed by atoms with Gasteiger partial charge in [0.05, 0.1) is 36.1 Å². The number of likely N-dealkylation sites (N-methyl/N-ethyl adjacent to an activating group) is 2. The van der Waals surface area contributed by atoms with Crippen molar-refractivity contribution in [2.24, 2.45) is 7.05 Å². The fourth-order valence-electron chi connectivity index (χ4n) is 4.30. The molecule has 1 atom stereocenters. The Morgan fingerprint density at radius 2 is 1.98 bits per heavy atom. The van der Waals surface area contributed by atoms with Gasteiger partial charge < -0.3 is 24.3 Å². The quantitative estimate of drug-likeness (QED) is 0.0873. The van der Waals surface area contributed by atoms with Crippen LogP contribution in [0.2, 0.25) is 0 Å². The summed E-state index contributed by atoms with van der Waals surface area (Å²) >= 11 is 0. The summed E-state index contributed by atoms with van der Waals surface area (Å²) in [5.74, 6) is -0.181. The molecule has 2 aromatic heterocycles. The van der Waals surface area contributed by atoms with E-state index in [1.807, 2.05) is 86.9 Å². The molecule has 1 N–H and O–H groups in total. The van der Waals surface area contributed by atoms with E-state index in [0.717, 1.165) is 17.4 Å². The number of carbonyl (C=O) groups excluding carboxylic acids is 1. The maximum absolute atomic E-state index is 13.2. The second kappa shape index (κ2) is 15.1. The van der Waals surface area contributed by atoms with Crippen molar-refractivity contribution in [3.63, 3.8) is 0 Å². The zero-order chi connectivity index (χ0) is 31.7. The van der Waals surface area contributed by atoms with Crippen molar-refractivity contribution in [2.75, 3.05) is 53.2 Å². The van der Waals surface area contributed by atoms with E-state index < -0.39 is 10.9 Å². The van der Waals surface area contributed by atoms with Crippen LogP contribution in [0.3, 0.4) is 0 Å². The van der Waals surface area contributed by atoms with Crippen LogP contribution in [-0.2, 0) is 16.5 Å². The number of fused-ring (bicyclic) bond motifs is 1. The maximum Gasteiger partial charge on any atom is 0.342 e. The first-order valence-corrected chi connectivity index (χ1v) is 14.0. The van der Waals surface area contributed by atoms with Crippen molar-refractivity contribution in [3.05, 3.63) is 88.2 Å². The minimum Gasteiger partial charge on any atom is -0.495 e. The Morgan fingerprint density at radius 1 is 1.26 bits per heavy atom. The molecule has 1 unspecified atom stereocenters. The molecule has 230 valence electrons. The third-order valence-corrected chi connectivity index (χ3v) is 6.87. The van der Waals surface area contributed by atoms with Gasteiger partial charge >= 0.3 is 5.97 Å². The SMILES string of the molecule is C=C/C(OC)=C(\C=C(/CN(C)CCN(C)C)[N+](=O)[O-])Nc1ncc(C(=O)OC(C)CC)c(-c2cn(C)c3ccccc23)n1. The molecule has 0 aliphatic carbocycles. The first kappa shape index (κ1) is 33.0. The molecule has 0 aliphatic rings. The molecular weight excluding hydrogens is 550 g/mol. The number of benzene rings is 1. The second-order valence-electron chi connectivity index (χ2n) is 10.5. The number of rotatable bonds is 15. The number of anilines is 1. The Kier molecular flexibility index (Phi) is 11.6. The highest BCUT2D eigenvalue weighted by Gasteiger charge is 2.23. The van der Waals surface area contributed by atoms with E-state index in [-0.39, 0.29) is 41.3 Å². The number of aromatic nitrogens is 3. The van der Waals surface area contributed by atoms with Gasteiger partial charge in [-0.3, -0.25) is 15.0 Å². The lowest BCUT2D eigenvalue weighted by Crippen LogP contribution is -2.31. The molecule has 0 bridgehead atoms. The summed E-state index contributed by atoms with van der Waals surface area (Å²) in [6.07, 6.45) is 6.49. The highest BCUT2D eigenvalue weighted by Crippen LogP contribution is 2.32. The van der Waals surface area contributed by atoms with Crippen LogP contribution in [0, 0.1) is 10.1 Å². The number of methoxy groups -OCH3 is 1. The Morgan fingerprint density at radius 3 is 2.60 bits per heavy atom. The van der Waals surface area contributed by atoms with Crippen molar-refractivity contribution >= 4 is 22.8 Å². The van der Waals surface area contributed by atoms with Crippen LogP contribution in [0.25, 0.3) is 22.2 Å². The summed E-state index contributed by atoms with van der Waals surface area (Å²) in [4.78, 5) is 37.9.